The van der Waals surface area contributed by atoms with E-state index in [0.717, 1.165) is 15.6 Å². The molecule has 5 rings (SSSR count). The van der Waals surface area contributed by atoms with Gasteiger partial charge in [-0.3, -0.25) is 18.9 Å². The number of aromatic nitrogens is 3. The summed E-state index contributed by atoms with van der Waals surface area (Å²) in [7, 11) is 0. The summed E-state index contributed by atoms with van der Waals surface area (Å²) in [5.41, 5.74) is 1.57. The van der Waals surface area contributed by atoms with E-state index in [1.54, 1.807) is 22.9 Å². The Morgan fingerprint density at radius 3 is 2.53 bits per heavy atom. The molecular formula is C23H16ClN3O2S. The van der Waals surface area contributed by atoms with Crippen molar-refractivity contribution in [3.05, 3.63) is 110 Å². The molecule has 0 unspecified atom stereocenters. The van der Waals surface area contributed by atoms with Crippen LogP contribution in [0.3, 0.4) is 0 Å². The number of thiophene rings is 1. The summed E-state index contributed by atoms with van der Waals surface area (Å²) in [6.07, 6.45) is 1.66. The fourth-order valence-electron chi connectivity index (χ4n) is 3.65. The van der Waals surface area contributed by atoms with Gasteiger partial charge in [0, 0.05) is 21.3 Å². The minimum Gasteiger partial charge on any atom is -0.287 e. The van der Waals surface area contributed by atoms with Crippen molar-refractivity contribution < 1.29 is 0 Å². The molecule has 7 heteroatoms. The Balaban J connectivity index is 1.81. The van der Waals surface area contributed by atoms with Crippen LogP contribution in [0.2, 0.25) is 5.02 Å². The molecule has 0 N–H and O–H groups in total. The Kier molecular flexibility index (Phi) is 4.73. The Hall–Kier alpha value is -3.22. The van der Waals surface area contributed by atoms with Crippen LogP contribution in [0.4, 0.5) is 0 Å². The van der Waals surface area contributed by atoms with E-state index in [2.05, 4.69) is 4.98 Å². The van der Waals surface area contributed by atoms with Gasteiger partial charge in [0.1, 0.15) is 4.70 Å². The molecule has 0 atom stereocenters. The van der Waals surface area contributed by atoms with Gasteiger partial charge in [-0.05, 0) is 35.9 Å². The van der Waals surface area contributed by atoms with E-state index < -0.39 is 0 Å². The van der Waals surface area contributed by atoms with Crippen molar-refractivity contribution in [3.63, 3.8) is 0 Å². The largest absolute Gasteiger partial charge is 0.332 e. The van der Waals surface area contributed by atoms with Crippen LogP contribution in [-0.4, -0.2) is 14.1 Å². The lowest BCUT2D eigenvalue weighted by atomic mass is 10.2. The third-order valence-electron chi connectivity index (χ3n) is 5.02. The molecule has 148 valence electrons. The van der Waals surface area contributed by atoms with Crippen LogP contribution in [0, 0.1) is 0 Å². The van der Waals surface area contributed by atoms with Crippen molar-refractivity contribution in [2.45, 2.75) is 13.1 Å². The molecule has 2 aromatic carbocycles. The molecule has 0 aliphatic heterocycles. The van der Waals surface area contributed by atoms with E-state index in [1.165, 1.54) is 15.9 Å². The highest BCUT2D eigenvalue weighted by atomic mass is 35.5. The first-order valence-corrected chi connectivity index (χ1v) is 10.6. The Bertz CT molecular complexity index is 1500. The fraction of sp³-hybridized carbons (Fsp3) is 0.0870. The summed E-state index contributed by atoms with van der Waals surface area (Å²) >= 11 is 7.57. The normalized spacial score (nSPS) is 11.4. The van der Waals surface area contributed by atoms with E-state index in [0.29, 0.717) is 27.5 Å². The van der Waals surface area contributed by atoms with Gasteiger partial charge in [-0.1, -0.05) is 48.0 Å². The predicted octanol–water partition coefficient (Wildman–Crippen LogP) is 4.52. The Morgan fingerprint density at radius 2 is 1.73 bits per heavy atom. The highest BCUT2D eigenvalue weighted by Crippen LogP contribution is 2.31. The highest BCUT2D eigenvalue weighted by Gasteiger charge is 2.19. The third-order valence-corrected chi connectivity index (χ3v) is 6.40. The first-order chi connectivity index (χ1) is 14.6. The first-order valence-electron chi connectivity index (χ1n) is 9.41. The van der Waals surface area contributed by atoms with Crippen LogP contribution < -0.4 is 11.2 Å². The number of rotatable bonds is 4. The van der Waals surface area contributed by atoms with E-state index in [-0.39, 0.29) is 17.8 Å². The van der Waals surface area contributed by atoms with E-state index in [4.69, 9.17) is 11.6 Å². The van der Waals surface area contributed by atoms with Gasteiger partial charge >= 0.3 is 5.69 Å². The minimum atomic E-state index is -0.360. The molecule has 0 saturated carbocycles. The number of hydrogen-bond acceptors (Lipinski definition) is 4. The molecule has 0 amide bonds. The van der Waals surface area contributed by atoms with Gasteiger partial charge in [-0.15, -0.1) is 11.3 Å². The molecular weight excluding hydrogens is 418 g/mol. The maximum atomic E-state index is 13.5. The summed E-state index contributed by atoms with van der Waals surface area (Å²) in [6.45, 7) is 0.442. The first kappa shape index (κ1) is 18.8. The van der Waals surface area contributed by atoms with E-state index in [1.807, 2.05) is 54.6 Å². The van der Waals surface area contributed by atoms with Gasteiger partial charge in [0.2, 0.25) is 0 Å². The van der Waals surface area contributed by atoms with Crippen LogP contribution in [0.1, 0.15) is 11.3 Å². The van der Waals surface area contributed by atoms with Crippen molar-refractivity contribution in [2.24, 2.45) is 0 Å². The maximum Gasteiger partial charge on any atom is 0.332 e. The summed E-state index contributed by atoms with van der Waals surface area (Å²) in [4.78, 5) is 31.1. The fourth-order valence-corrected chi connectivity index (χ4v) is 5.02. The van der Waals surface area contributed by atoms with Gasteiger partial charge in [0.15, 0.2) is 0 Å². The van der Waals surface area contributed by atoms with Crippen molar-refractivity contribution in [1.29, 1.82) is 0 Å². The number of nitrogens with zero attached hydrogens (tertiary/aromatic N) is 3. The van der Waals surface area contributed by atoms with Crippen LogP contribution >= 0.6 is 22.9 Å². The van der Waals surface area contributed by atoms with Gasteiger partial charge < -0.3 is 0 Å². The van der Waals surface area contributed by atoms with Crippen molar-refractivity contribution in [3.8, 4) is 0 Å². The molecule has 3 aromatic heterocycles. The number of halogens is 1. The van der Waals surface area contributed by atoms with Crippen molar-refractivity contribution in [2.75, 3.05) is 0 Å². The summed E-state index contributed by atoms with van der Waals surface area (Å²) in [5, 5.41) is 1.51. The zero-order valence-corrected chi connectivity index (χ0v) is 17.4. The number of benzene rings is 2. The standard InChI is InChI=1S/C23H16ClN3O2S/c24-16-7-5-6-15(12-16)13-26-20-18-9-1-2-10-19(18)30-21(20)22(28)27(23(26)29)14-17-8-3-4-11-25-17/h1-12H,13-14H2. The summed E-state index contributed by atoms with van der Waals surface area (Å²) in [5.74, 6) is 0. The lowest BCUT2D eigenvalue weighted by Gasteiger charge is -2.13. The topological polar surface area (TPSA) is 56.9 Å². The molecule has 0 spiro atoms. The molecule has 0 aliphatic rings. The summed E-state index contributed by atoms with van der Waals surface area (Å²) < 4.78 is 4.47. The molecule has 0 aliphatic carbocycles. The van der Waals surface area contributed by atoms with Crippen molar-refractivity contribution in [1.82, 2.24) is 14.1 Å². The molecule has 0 saturated heterocycles. The zero-order valence-electron chi connectivity index (χ0n) is 15.8. The predicted molar refractivity (Wildman–Crippen MR) is 122 cm³/mol. The molecule has 0 fully saturated rings. The average Bonchev–Trinajstić information content (AvgIpc) is 3.15. The number of pyridine rings is 1. The zero-order chi connectivity index (χ0) is 20.7. The smallest absolute Gasteiger partial charge is 0.287 e. The third kappa shape index (κ3) is 3.24. The van der Waals surface area contributed by atoms with Gasteiger partial charge in [-0.25, -0.2) is 4.79 Å². The molecule has 0 bridgehead atoms. The maximum absolute atomic E-state index is 13.5. The van der Waals surface area contributed by atoms with Crippen LogP contribution in [0.15, 0.2) is 82.5 Å². The van der Waals surface area contributed by atoms with Crippen LogP contribution in [0.25, 0.3) is 20.3 Å². The second kappa shape index (κ2) is 7.55. The molecule has 0 radical (unpaired) electrons. The van der Waals surface area contributed by atoms with Gasteiger partial charge in [-0.2, -0.15) is 0 Å². The lowest BCUT2D eigenvalue weighted by molar-refractivity contribution is 0.630. The van der Waals surface area contributed by atoms with Crippen molar-refractivity contribution >= 4 is 43.2 Å². The van der Waals surface area contributed by atoms with E-state index in [9.17, 15) is 9.59 Å². The molecule has 30 heavy (non-hydrogen) atoms. The molecule has 5 aromatic rings. The van der Waals surface area contributed by atoms with Gasteiger partial charge in [0.25, 0.3) is 5.56 Å². The molecule has 3 heterocycles. The average molecular weight is 434 g/mol. The van der Waals surface area contributed by atoms with Crippen LogP contribution in [-0.2, 0) is 13.1 Å². The quantitative estimate of drug-likeness (QED) is 0.418. The minimum absolute atomic E-state index is 0.123. The summed E-state index contributed by atoms with van der Waals surface area (Å²) in [6, 6.07) is 20.6. The SMILES string of the molecule is O=c1c2sc3ccccc3c2n(Cc2cccc(Cl)c2)c(=O)n1Cc1ccccn1. The number of hydrogen-bond donors (Lipinski definition) is 0. The van der Waals surface area contributed by atoms with Gasteiger partial charge in [0.05, 0.1) is 24.3 Å². The Labute approximate surface area is 180 Å². The highest BCUT2D eigenvalue weighted by molar-refractivity contribution is 7.25. The lowest BCUT2D eigenvalue weighted by Crippen LogP contribution is -2.40. The second-order valence-corrected chi connectivity index (χ2v) is 8.48. The molecule has 5 nitrogen and oxygen atoms in total. The number of fused-ring (bicyclic) bond motifs is 3. The Morgan fingerprint density at radius 1 is 0.900 bits per heavy atom. The van der Waals surface area contributed by atoms with Crippen LogP contribution in [0.5, 0.6) is 0 Å². The second-order valence-electron chi connectivity index (χ2n) is 6.99. The monoisotopic (exact) mass is 433 g/mol. The van der Waals surface area contributed by atoms with E-state index >= 15 is 0 Å².